The van der Waals surface area contributed by atoms with Crippen molar-refractivity contribution in [3.63, 3.8) is 0 Å². The van der Waals surface area contributed by atoms with Gasteiger partial charge in [0.05, 0.1) is 25.5 Å². The Kier molecular flexibility index (Phi) is 12.9. The van der Waals surface area contributed by atoms with Gasteiger partial charge in [-0.15, -0.1) is 6.42 Å². The molecule has 0 aliphatic rings. The van der Waals surface area contributed by atoms with Crippen molar-refractivity contribution >= 4 is 45.7 Å². The molecule has 3 amide bonds. The van der Waals surface area contributed by atoms with Gasteiger partial charge in [-0.3, -0.25) is 10.1 Å². The number of carbonyl (C=O) groups is 2. The molecule has 0 unspecified atom stereocenters. The number of benzene rings is 3. The molecule has 260 valence electrons. The zero-order chi connectivity index (χ0) is 36.1. The summed E-state index contributed by atoms with van der Waals surface area (Å²) in [6.45, 7) is 7.37. The SMILES string of the molecule is C#Cc1cc(Nc2nccc(Oc3ccc(NC(=O)N/C(=C/C(=N)C(C)(C)C)NC)c4ccccc34)n2)cc(C(=O)NCCOCCOC)c1. The number of ether oxygens (including phenoxy) is 3. The van der Waals surface area contributed by atoms with E-state index in [1.165, 1.54) is 0 Å². The highest BCUT2D eigenvalue weighted by molar-refractivity contribution is 6.04. The number of hydrogen-bond donors (Lipinski definition) is 6. The Morgan fingerprint density at radius 1 is 1.02 bits per heavy atom. The van der Waals surface area contributed by atoms with E-state index in [2.05, 4.69) is 42.5 Å². The molecule has 4 aromatic rings. The predicted octanol–water partition coefficient (Wildman–Crippen LogP) is 5.79. The zero-order valence-corrected chi connectivity index (χ0v) is 28.8. The topological polar surface area (TPSA) is 172 Å². The molecule has 0 aliphatic carbocycles. The highest BCUT2D eigenvalue weighted by Gasteiger charge is 2.17. The van der Waals surface area contributed by atoms with E-state index in [0.29, 0.717) is 66.1 Å². The Balaban J connectivity index is 1.47. The summed E-state index contributed by atoms with van der Waals surface area (Å²) < 4.78 is 16.5. The fourth-order valence-electron chi connectivity index (χ4n) is 4.48. The van der Waals surface area contributed by atoms with Gasteiger partial charge < -0.3 is 40.9 Å². The van der Waals surface area contributed by atoms with E-state index >= 15 is 0 Å². The zero-order valence-electron chi connectivity index (χ0n) is 28.8. The molecule has 13 nitrogen and oxygen atoms in total. The summed E-state index contributed by atoms with van der Waals surface area (Å²) >= 11 is 0. The van der Waals surface area contributed by atoms with Crippen molar-refractivity contribution in [1.82, 2.24) is 25.9 Å². The van der Waals surface area contributed by atoms with Crippen molar-refractivity contribution < 1.29 is 23.8 Å². The van der Waals surface area contributed by atoms with Gasteiger partial charge in [0, 0.05) is 71.7 Å². The number of hydrogen-bond acceptors (Lipinski definition) is 10. The Morgan fingerprint density at radius 2 is 1.80 bits per heavy atom. The molecular weight excluding hydrogens is 636 g/mol. The largest absolute Gasteiger partial charge is 0.438 e. The van der Waals surface area contributed by atoms with Gasteiger partial charge in [0.2, 0.25) is 11.8 Å². The van der Waals surface area contributed by atoms with Crippen molar-refractivity contribution in [2.75, 3.05) is 51.2 Å². The summed E-state index contributed by atoms with van der Waals surface area (Å²) in [7, 11) is 3.27. The van der Waals surface area contributed by atoms with Crippen LogP contribution >= 0.6 is 0 Å². The second-order valence-electron chi connectivity index (χ2n) is 12.0. The molecular formula is C37H42N8O5. The number of rotatable bonds is 15. The van der Waals surface area contributed by atoms with Crippen LogP contribution in [0.3, 0.4) is 0 Å². The van der Waals surface area contributed by atoms with Crippen LogP contribution in [0.5, 0.6) is 11.6 Å². The van der Waals surface area contributed by atoms with Crippen LogP contribution in [0.25, 0.3) is 10.8 Å². The van der Waals surface area contributed by atoms with Gasteiger partial charge in [0.1, 0.15) is 11.6 Å². The summed E-state index contributed by atoms with van der Waals surface area (Å²) in [5.41, 5.74) is 1.93. The van der Waals surface area contributed by atoms with Crippen LogP contribution in [0.2, 0.25) is 0 Å². The maximum atomic E-state index is 12.9. The number of methoxy groups -OCH3 is 1. The van der Waals surface area contributed by atoms with Crippen molar-refractivity contribution in [1.29, 1.82) is 5.41 Å². The van der Waals surface area contributed by atoms with E-state index in [0.717, 1.165) is 10.8 Å². The number of amides is 3. The maximum absolute atomic E-state index is 12.9. The number of fused-ring (bicyclic) bond motifs is 1. The van der Waals surface area contributed by atoms with Gasteiger partial charge in [0.25, 0.3) is 5.91 Å². The molecule has 0 spiro atoms. The highest BCUT2D eigenvalue weighted by Crippen LogP contribution is 2.34. The Bertz CT molecular complexity index is 1910. The summed E-state index contributed by atoms with van der Waals surface area (Å²) in [5, 5.41) is 24.2. The fraction of sp³-hybridized carbons (Fsp3) is 0.270. The van der Waals surface area contributed by atoms with Crippen LogP contribution in [0, 0.1) is 23.2 Å². The number of carbonyl (C=O) groups excluding carboxylic acids is 2. The lowest BCUT2D eigenvalue weighted by Crippen LogP contribution is -2.34. The van der Waals surface area contributed by atoms with E-state index in [4.69, 9.17) is 26.0 Å². The number of allylic oxidation sites excluding steroid dienone is 1. The minimum absolute atomic E-state index is 0.224. The summed E-state index contributed by atoms with van der Waals surface area (Å²) in [6.07, 6.45) is 8.80. The first-order chi connectivity index (χ1) is 24.0. The molecule has 0 saturated carbocycles. The van der Waals surface area contributed by atoms with Gasteiger partial charge in [-0.05, 0) is 36.4 Å². The van der Waals surface area contributed by atoms with Crippen LogP contribution in [0.4, 0.5) is 22.1 Å². The molecule has 3 aromatic carbocycles. The third-order valence-electron chi connectivity index (χ3n) is 7.17. The minimum atomic E-state index is -0.473. The van der Waals surface area contributed by atoms with Gasteiger partial charge in [0.15, 0.2) is 0 Å². The molecule has 0 bridgehead atoms. The second-order valence-corrected chi connectivity index (χ2v) is 12.0. The number of nitrogens with one attached hydrogen (secondary N) is 6. The first-order valence-electron chi connectivity index (χ1n) is 15.8. The number of terminal acetylenes is 1. The van der Waals surface area contributed by atoms with Gasteiger partial charge >= 0.3 is 6.03 Å². The third-order valence-corrected chi connectivity index (χ3v) is 7.17. The molecule has 4 rings (SSSR count). The minimum Gasteiger partial charge on any atom is -0.438 e. The molecule has 0 aliphatic heterocycles. The lowest BCUT2D eigenvalue weighted by atomic mass is 9.90. The standard InChI is InChI=1S/C37H42N8O5/c1-7-24-20-25(34(46)40-16-17-49-19-18-48-6)22-26(21-24)42-35-41-15-14-33(45-35)50-30-13-12-29(27-10-8-9-11-28(27)30)43-36(47)44-32(39-5)23-31(38)37(2,3)4/h1,8-15,20-23,38-39H,16-19H2,2-6H3,(H,40,46)(H,41,42,45)(H2,43,44,47)/b32-23+,38-31?. The molecule has 1 heterocycles. The quantitative estimate of drug-likeness (QED) is 0.0517. The lowest BCUT2D eigenvalue weighted by Gasteiger charge is -2.19. The summed E-state index contributed by atoms with van der Waals surface area (Å²) in [5.74, 6) is 3.65. The molecule has 50 heavy (non-hydrogen) atoms. The van der Waals surface area contributed by atoms with Crippen LogP contribution in [-0.2, 0) is 9.47 Å². The van der Waals surface area contributed by atoms with Gasteiger partial charge in [-0.1, -0.05) is 51.0 Å². The number of urea groups is 1. The average molecular weight is 679 g/mol. The molecule has 0 fully saturated rings. The molecule has 13 heteroatoms. The third kappa shape index (κ3) is 10.5. The highest BCUT2D eigenvalue weighted by atomic mass is 16.5. The van der Waals surface area contributed by atoms with Gasteiger partial charge in [-0.2, -0.15) is 4.98 Å². The van der Waals surface area contributed by atoms with Crippen molar-refractivity contribution in [2.24, 2.45) is 5.41 Å². The number of nitrogens with zero attached hydrogens (tertiary/aromatic N) is 2. The Morgan fingerprint density at radius 3 is 2.52 bits per heavy atom. The fourth-order valence-corrected chi connectivity index (χ4v) is 4.48. The smallest absolute Gasteiger partial charge is 0.324 e. The second kappa shape index (κ2) is 17.4. The summed E-state index contributed by atoms with van der Waals surface area (Å²) in [4.78, 5) is 34.6. The first-order valence-corrected chi connectivity index (χ1v) is 15.8. The molecule has 0 atom stereocenters. The Labute approximate surface area is 291 Å². The van der Waals surface area contributed by atoms with E-state index < -0.39 is 6.03 Å². The van der Waals surface area contributed by atoms with Crippen molar-refractivity contribution in [2.45, 2.75) is 20.8 Å². The lowest BCUT2D eigenvalue weighted by molar-refractivity contribution is 0.0692. The van der Waals surface area contributed by atoms with Crippen LogP contribution < -0.4 is 31.3 Å². The number of aromatic nitrogens is 2. The summed E-state index contributed by atoms with van der Waals surface area (Å²) in [6, 6.07) is 17.1. The van der Waals surface area contributed by atoms with Crippen LogP contribution in [0.15, 0.2) is 78.8 Å². The molecule has 6 N–H and O–H groups in total. The van der Waals surface area contributed by atoms with Crippen molar-refractivity contribution in [3.05, 3.63) is 89.9 Å². The molecule has 1 aromatic heterocycles. The first kappa shape index (κ1) is 36.9. The number of anilines is 3. The monoisotopic (exact) mass is 678 g/mol. The Hall–Kier alpha value is -5.97. The normalized spacial score (nSPS) is 11.3. The van der Waals surface area contributed by atoms with Crippen molar-refractivity contribution in [3.8, 4) is 24.0 Å². The van der Waals surface area contributed by atoms with Crippen LogP contribution in [-0.4, -0.2) is 68.1 Å². The van der Waals surface area contributed by atoms with E-state index in [-0.39, 0.29) is 23.2 Å². The van der Waals surface area contributed by atoms with E-state index in [1.807, 2.05) is 45.0 Å². The maximum Gasteiger partial charge on any atom is 0.324 e. The van der Waals surface area contributed by atoms with Crippen LogP contribution in [0.1, 0.15) is 36.7 Å². The molecule has 0 radical (unpaired) electrons. The van der Waals surface area contributed by atoms with E-state index in [9.17, 15) is 9.59 Å². The van der Waals surface area contributed by atoms with E-state index in [1.54, 1.807) is 62.8 Å². The predicted molar refractivity (Wildman–Crippen MR) is 195 cm³/mol. The molecule has 0 saturated heterocycles. The average Bonchev–Trinajstić information content (AvgIpc) is 3.10. The van der Waals surface area contributed by atoms with Gasteiger partial charge in [-0.25, -0.2) is 9.78 Å².